The molecule has 1 aliphatic rings. The zero-order chi connectivity index (χ0) is 15.5. The van der Waals surface area contributed by atoms with E-state index in [0.29, 0.717) is 22.9 Å². The van der Waals surface area contributed by atoms with Gasteiger partial charge in [-0.25, -0.2) is 4.79 Å². The number of hydrogen-bond acceptors (Lipinski definition) is 4. The predicted octanol–water partition coefficient (Wildman–Crippen LogP) is 4.33. The Balaban J connectivity index is 1.76. The van der Waals surface area contributed by atoms with Gasteiger partial charge in [-0.15, -0.1) is 0 Å². The lowest BCUT2D eigenvalue weighted by Crippen LogP contribution is -2.14. The van der Waals surface area contributed by atoms with E-state index in [1.54, 1.807) is 30.3 Å². The maximum atomic E-state index is 12.1. The van der Waals surface area contributed by atoms with Crippen LogP contribution in [0.3, 0.4) is 0 Å². The molecule has 0 aliphatic carbocycles. The zero-order valence-electron chi connectivity index (χ0n) is 11.5. The number of carbonyl (C=O) groups excluding carboxylic acids is 1. The maximum Gasteiger partial charge on any atom is 0.338 e. The number of hydrogen-bond donors (Lipinski definition) is 0. The fraction of sp³-hybridized carbons (Fsp3) is 0.188. The van der Waals surface area contributed by atoms with Crippen molar-refractivity contribution in [1.82, 2.24) is 0 Å². The molecule has 22 heavy (non-hydrogen) atoms. The van der Waals surface area contributed by atoms with Crippen LogP contribution < -0.4 is 4.74 Å². The fourth-order valence-electron chi connectivity index (χ4n) is 2.21. The molecule has 0 aromatic heterocycles. The number of rotatable bonds is 3. The van der Waals surface area contributed by atoms with E-state index in [-0.39, 0.29) is 13.4 Å². The largest absolute Gasteiger partial charge is 0.467 e. The molecule has 3 rings (SSSR count). The summed E-state index contributed by atoms with van der Waals surface area (Å²) >= 11 is 9.40. The Bertz CT molecular complexity index is 717. The van der Waals surface area contributed by atoms with Crippen molar-refractivity contribution < 1.29 is 19.0 Å². The lowest BCUT2D eigenvalue weighted by atomic mass is 10.1. The summed E-state index contributed by atoms with van der Waals surface area (Å²) in [5, 5.41) is 0.557. The molecule has 114 valence electrons. The highest BCUT2D eigenvalue weighted by Gasteiger charge is 2.18. The van der Waals surface area contributed by atoms with Gasteiger partial charge >= 0.3 is 5.97 Å². The van der Waals surface area contributed by atoms with Crippen LogP contribution in [0.1, 0.15) is 21.5 Å². The number of esters is 1. The minimum atomic E-state index is -0.401. The van der Waals surface area contributed by atoms with Crippen LogP contribution in [0, 0.1) is 0 Å². The minimum absolute atomic E-state index is 0.0915. The highest BCUT2D eigenvalue weighted by molar-refractivity contribution is 9.10. The summed E-state index contributed by atoms with van der Waals surface area (Å²) in [4.78, 5) is 12.1. The summed E-state index contributed by atoms with van der Waals surface area (Å²) in [6.45, 7) is 0.706. The molecule has 0 atom stereocenters. The Kier molecular flexibility index (Phi) is 4.66. The van der Waals surface area contributed by atoms with Crippen molar-refractivity contribution in [2.75, 3.05) is 6.79 Å². The molecule has 0 fully saturated rings. The zero-order valence-corrected chi connectivity index (χ0v) is 13.8. The molecule has 0 radical (unpaired) electrons. The van der Waals surface area contributed by atoms with E-state index >= 15 is 0 Å². The van der Waals surface area contributed by atoms with E-state index in [1.807, 2.05) is 6.07 Å². The molecule has 0 unspecified atom stereocenters. The molecule has 0 saturated heterocycles. The van der Waals surface area contributed by atoms with E-state index in [1.165, 1.54) is 0 Å². The Labute approximate surface area is 141 Å². The van der Waals surface area contributed by atoms with Crippen LogP contribution >= 0.6 is 27.5 Å². The molecule has 0 spiro atoms. The van der Waals surface area contributed by atoms with Crippen molar-refractivity contribution in [3.63, 3.8) is 0 Å². The van der Waals surface area contributed by atoms with Gasteiger partial charge in [-0.2, -0.15) is 0 Å². The van der Waals surface area contributed by atoms with Crippen molar-refractivity contribution in [1.29, 1.82) is 0 Å². The lowest BCUT2D eigenvalue weighted by Gasteiger charge is -2.21. The molecular formula is C16H12BrClO4. The maximum absolute atomic E-state index is 12.1. The standard InChI is InChI=1S/C16H12BrClO4/c17-13-3-1-2-10(4-13)16(19)21-8-12-6-14(18)5-11-7-20-9-22-15(11)12/h1-6H,7-9H2. The van der Waals surface area contributed by atoms with Crippen molar-refractivity contribution >= 4 is 33.5 Å². The van der Waals surface area contributed by atoms with Gasteiger partial charge in [0, 0.05) is 20.6 Å². The van der Waals surface area contributed by atoms with Crippen molar-refractivity contribution in [2.45, 2.75) is 13.2 Å². The van der Waals surface area contributed by atoms with Crippen LogP contribution in [0.4, 0.5) is 0 Å². The van der Waals surface area contributed by atoms with Crippen LogP contribution in [-0.2, 0) is 22.7 Å². The third-order valence-electron chi connectivity index (χ3n) is 3.17. The summed E-state index contributed by atoms with van der Waals surface area (Å²) in [7, 11) is 0. The average Bonchev–Trinajstić information content (AvgIpc) is 2.52. The van der Waals surface area contributed by atoms with E-state index in [2.05, 4.69) is 15.9 Å². The second-order valence-electron chi connectivity index (χ2n) is 4.75. The number of ether oxygens (including phenoxy) is 3. The first-order chi connectivity index (χ1) is 10.6. The van der Waals surface area contributed by atoms with Crippen molar-refractivity contribution in [3.05, 3.63) is 62.6 Å². The first kappa shape index (κ1) is 15.3. The van der Waals surface area contributed by atoms with Crippen LogP contribution in [-0.4, -0.2) is 12.8 Å². The highest BCUT2D eigenvalue weighted by Crippen LogP contribution is 2.32. The van der Waals surface area contributed by atoms with Gasteiger partial charge in [0.1, 0.15) is 12.4 Å². The number of benzene rings is 2. The van der Waals surface area contributed by atoms with Gasteiger partial charge in [-0.3, -0.25) is 0 Å². The molecule has 0 bridgehead atoms. The predicted molar refractivity (Wildman–Crippen MR) is 85.0 cm³/mol. The quantitative estimate of drug-likeness (QED) is 0.740. The normalized spacial score (nSPS) is 13.2. The summed E-state index contributed by atoms with van der Waals surface area (Å²) in [6, 6.07) is 10.6. The number of fused-ring (bicyclic) bond motifs is 1. The molecular weight excluding hydrogens is 372 g/mol. The fourth-order valence-corrected chi connectivity index (χ4v) is 2.87. The van der Waals surface area contributed by atoms with Crippen molar-refractivity contribution in [3.8, 4) is 5.75 Å². The third-order valence-corrected chi connectivity index (χ3v) is 3.88. The number of carbonyl (C=O) groups is 1. The number of halogens is 2. The van der Waals surface area contributed by atoms with Gasteiger partial charge in [-0.05, 0) is 30.3 Å². The smallest absolute Gasteiger partial charge is 0.338 e. The first-order valence-electron chi connectivity index (χ1n) is 6.58. The summed E-state index contributed by atoms with van der Waals surface area (Å²) in [5.74, 6) is 0.278. The van der Waals surface area contributed by atoms with E-state index in [0.717, 1.165) is 15.6 Å². The molecule has 1 heterocycles. The van der Waals surface area contributed by atoms with Crippen LogP contribution in [0.15, 0.2) is 40.9 Å². The molecule has 0 amide bonds. The molecule has 2 aromatic carbocycles. The van der Waals surface area contributed by atoms with Gasteiger partial charge in [-0.1, -0.05) is 33.6 Å². The lowest BCUT2D eigenvalue weighted by molar-refractivity contribution is -0.0180. The average molecular weight is 384 g/mol. The van der Waals surface area contributed by atoms with Gasteiger partial charge in [0.25, 0.3) is 0 Å². The molecule has 2 aromatic rings. The summed E-state index contributed by atoms with van der Waals surface area (Å²) in [5.41, 5.74) is 2.07. The monoisotopic (exact) mass is 382 g/mol. The molecule has 0 N–H and O–H groups in total. The molecule has 0 saturated carbocycles. The Hall–Kier alpha value is -1.56. The van der Waals surface area contributed by atoms with Crippen molar-refractivity contribution in [2.24, 2.45) is 0 Å². The Morgan fingerprint density at radius 3 is 3.00 bits per heavy atom. The topological polar surface area (TPSA) is 44.8 Å². The minimum Gasteiger partial charge on any atom is -0.467 e. The summed E-state index contributed by atoms with van der Waals surface area (Å²) in [6.07, 6.45) is 0. The SMILES string of the molecule is O=C(OCc1cc(Cl)cc2c1OCOC2)c1cccc(Br)c1. The van der Waals surface area contributed by atoms with Gasteiger partial charge in [0.15, 0.2) is 6.79 Å². The van der Waals surface area contributed by atoms with E-state index < -0.39 is 5.97 Å². The highest BCUT2D eigenvalue weighted by atomic mass is 79.9. The second kappa shape index (κ2) is 6.69. The van der Waals surface area contributed by atoms with Gasteiger partial charge < -0.3 is 14.2 Å². The molecule has 6 heteroatoms. The van der Waals surface area contributed by atoms with E-state index in [4.69, 9.17) is 25.8 Å². The molecule has 1 aliphatic heterocycles. The van der Waals surface area contributed by atoms with Gasteiger partial charge in [0.2, 0.25) is 0 Å². The Morgan fingerprint density at radius 2 is 2.18 bits per heavy atom. The Morgan fingerprint density at radius 1 is 1.32 bits per heavy atom. The van der Waals surface area contributed by atoms with Crippen LogP contribution in [0.2, 0.25) is 5.02 Å². The first-order valence-corrected chi connectivity index (χ1v) is 7.75. The second-order valence-corrected chi connectivity index (χ2v) is 6.10. The third kappa shape index (κ3) is 3.43. The van der Waals surface area contributed by atoms with Crippen LogP contribution in [0.25, 0.3) is 0 Å². The van der Waals surface area contributed by atoms with Gasteiger partial charge in [0.05, 0.1) is 12.2 Å². The summed E-state index contributed by atoms with van der Waals surface area (Å²) < 4.78 is 16.9. The van der Waals surface area contributed by atoms with E-state index in [9.17, 15) is 4.79 Å². The molecule has 4 nitrogen and oxygen atoms in total. The van der Waals surface area contributed by atoms with Crippen LogP contribution in [0.5, 0.6) is 5.75 Å².